The van der Waals surface area contributed by atoms with E-state index in [0.717, 1.165) is 31.4 Å². The van der Waals surface area contributed by atoms with Gasteiger partial charge >= 0.3 is 0 Å². The van der Waals surface area contributed by atoms with Gasteiger partial charge < -0.3 is 4.90 Å². The highest BCUT2D eigenvalue weighted by Crippen LogP contribution is 2.39. The van der Waals surface area contributed by atoms with E-state index in [2.05, 4.69) is 19.9 Å². The van der Waals surface area contributed by atoms with Crippen molar-refractivity contribution in [2.75, 3.05) is 25.1 Å². The first kappa shape index (κ1) is 17.1. The van der Waals surface area contributed by atoms with Gasteiger partial charge in [0.25, 0.3) is 5.91 Å². The second kappa shape index (κ2) is 6.46. The Morgan fingerprint density at radius 2 is 2.00 bits per heavy atom. The fourth-order valence-corrected chi connectivity index (χ4v) is 6.54. The monoisotopic (exact) mass is 374 g/mol. The smallest absolute Gasteiger partial charge is 0.254 e. The molecule has 4 rings (SSSR count). The SMILES string of the molecule is CN=S1(=O)CCCC2(CCCN2C(=O)c2ccc(-n3cnnn3)cc2)C1. The molecule has 1 aromatic carbocycles. The number of amides is 1. The van der Waals surface area contributed by atoms with Crippen molar-refractivity contribution in [1.29, 1.82) is 0 Å². The molecule has 9 heteroatoms. The summed E-state index contributed by atoms with van der Waals surface area (Å²) < 4.78 is 18.6. The van der Waals surface area contributed by atoms with Gasteiger partial charge in [0.1, 0.15) is 6.33 Å². The van der Waals surface area contributed by atoms with Gasteiger partial charge in [0.05, 0.1) is 17.0 Å². The lowest BCUT2D eigenvalue weighted by Gasteiger charge is -2.42. The van der Waals surface area contributed by atoms with E-state index in [1.807, 2.05) is 17.0 Å². The van der Waals surface area contributed by atoms with E-state index in [1.54, 1.807) is 23.9 Å². The zero-order chi connectivity index (χ0) is 18.2. The maximum Gasteiger partial charge on any atom is 0.254 e. The summed E-state index contributed by atoms with van der Waals surface area (Å²) in [5.41, 5.74) is 1.13. The van der Waals surface area contributed by atoms with Crippen LogP contribution in [0.2, 0.25) is 0 Å². The van der Waals surface area contributed by atoms with Crippen molar-refractivity contribution in [3.05, 3.63) is 36.2 Å². The van der Waals surface area contributed by atoms with E-state index in [4.69, 9.17) is 0 Å². The van der Waals surface area contributed by atoms with E-state index in [1.165, 1.54) is 6.33 Å². The van der Waals surface area contributed by atoms with E-state index in [0.29, 0.717) is 23.6 Å². The van der Waals surface area contributed by atoms with Gasteiger partial charge in [-0.05, 0) is 60.4 Å². The quantitative estimate of drug-likeness (QED) is 0.795. The van der Waals surface area contributed by atoms with Gasteiger partial charge in [0, 0.05) is 34.6 Å². The molecule has 2 aliphatic rings. The van der Waals surface area contributed by atoms with Gasteiger partial charge in [-0.1, -0.05) is 0 Å². The highest BCUT2D eigenvalue weighted by molar-refractivity contribution is 7.93. The molecular weight excluding hydrogens is 352 g/mol. The Bertz CT molecular complexity index is 917. The minimum Gasteiger partial charge on any atom is -0.332 e. The zero-order valence-electron chi connectivity index (χ0n) is 14.7. The molecule has 0 aliphatic carbocycles. The largest absolute Gasteiger partial charge is 0.332 e. The molecule has 8 nitrogen and oxygen atoms in total. The van der Waals surface area contributed by atoms with Gasteiger partial charge in [0.15, 0.2) is 0 Å². The van der Waals surface area contributed by atoms with E-state index < -0.39 is 9.73 Å². The summed E-state index contributed by atoms with van der Waals surface area (Å²) >= 11 is 0. The average Bonchev–Trinajstić information content (AvgIpc) is 3.32. The summed E-state index contributed by atoms with van der Waals surface area (Å²) in [6.07, 6.45) is 5.15. The molecule has 1 amide bonds. The summed E-state index contributed by atoms with van der Waals surface area (Å²) in [4.78, 5) is 15.1. The number of likely N-dealkylation sites (tertiary alicyclic amines) is 1. The Labute approximate surface area is 152 Å². The van der Waals surface area contributed by atoms with E-state index >= 15 is 0 Å². The summed E-state index contributed by atoms with van der Waals surface area (Å²) in [6, 6.07) is 7.26. The number of benzene rings is 1. The standard InChI is InChI=1S/C17H22N6O2S/c1-18-26(25)11-3-9-17(12-26)8-2-10-22(17)16(24)14-4-6-15(7-5-14)23-13-19-20-21-23/h4-7,13H,2-3,8-12H2,1H3. The number of tetrazole rings is 1. The summed E-state index contributed by atoms with van der Waals surface area (Å²) in [7, 11) is -0.560. The first-order valence-electron chi connectivity index (χ1n) is 8.81. The number of hydrogen-bond donors (Lipinski definition) is 0. The molecule has 138 valence electrons. The second-order valence-corrected chi connectivity index (χ2v) is 9.60. The first-order chi connectivity index (χ1) is 12.6. The molecule has 2 aliphatic heterocycles. The molecular formula is C17H22N6O2S. The zero-order valence-corrected chi connectivity index (χ0v) is 15.6. The van der Waals surface area contributed by atoms with Crippen LogP contribution in [0.15, 0.2) is 35.0 Å². The second-order valence-electron chi connectivity index (χ2n) is 6.99. The third-order valence-corrected chi connectivity index (χ3v) is 8.08. The van der Waals surface area contributed by atoms with Gasteiger partial charge in [-0.25, -0.2) is 13.3 Å². The van der Waals surface area contributed by atoms with Crippen molar-refractivity contribution in [3.63, 3.8) is 0 Å². The molecule has 1 aromatic heterocycles. The summed E-state index contributed by atoms with van der Waals surface area (Å²) in [5, 5.41) is 11.1. The average molecular weight is 374 g/mol. The Morgan fingerprint density at radius 3 is 2.69 bits per heavy atom. The molecule has 0 saturated carbocycles. The minimum atomic E-state index is -2.20. The minimum absolute atomic E-state index is 0.00511. The highest BCUT2D eigenvalue weighted by atomic mass is 32.2. The van der Waals surface area contributed by atoms with Crippen LogP contribution >= 0.6 is 0 Å². The van der Waals surface area contributed by atoms with Crippen LogP contribution in [0.25, 0.3) is 5.69 Å². The molecule has 0 radical (unpaired) electrons. The summed E-state index contributed by atoms with van der Waals surface area (Å²) in [6.45, 7) is 0.715. The Balaban J connectivity index is 1.60. The Kier molecular flexibility index (Phi) is 4.26. The molecule has 0 N–H and O–H groups in total. The first-order valence-corrected chi connectivity index (χ1v) is 10.7. The van der Waals surface area contributed by atoms with Crippen molar-refractivity contribution < 1.29 is 9.00 Å². The molecule has 0 bridgehead atoms. The fourth-order valence-electron chi connectivity index (χ4n) is 4.20. The number of carbonyl (C=O) groups is 1. The number of aromatic nitrogens is 4. The normalized spacial score (nSPS) is 28.4. The number of hydrogen-bond acceptors (Lipinski definition) is 6. The topological polar surface area (TPSA) is 93.3 Å². The van der Waals surface area contributed by atoms with Crippen LogP contribution in [0, 0.1) is 0 Å². The summed E-state index contributed by atoms with van der Waals surface area (Å²) in [5.74, 6) is 1.16. The number of carbonyl (C=O) groups excluding carboxylic acids is 1. The van der Waals surface area contributed by atoms with Crippen molar-refractivity contribution in [2.45, 2.75) is 31.2 Å². The predicted molar refractivity (Wildman–Crippen MR) is 97.6 cm³/mol. The lowest BCUT2D eigenvalue weighted by Crippen LogP contribution is -2.54. The van der Waals surface area contributed by atoms with Crippen molar-refractivity contribution in [3.8, 4) is 5.69 Å². The van der Waals surface area contributed by atoms with Crippen molar-refractivity contribution in [2.24, 2.45) is 4.36 Å². The lowest BCUT2D eigenvalue weighted by atomic mass is 9.92. The van der Waals surface area contributed by atoms with Crippen LogP contribution in [0.4, 0.5) is 0 Å². The number of nitrogens with zero attached hydrogens (tertiary/aromatic N) is 6. The molecule has 2 fully saturated rings. The highest BCUT2D eigenvalue weighted by Gasteiger charge is 2.47. The van der Waals surface area contributed by atoms with Crippen LogP contribution in [-0.4, -0.2) is 65.9 Å². The third-order valence-electron chi connectivity index (χ3n) is 5.50. The van der Waals surface area contributed by atoms with Gasteiger partial charge in [-0.3, -0.25) is 4.79 Å². The van der Waals surface area contributed by atoms with Gasteiger partial charge in [-0.15, -0.1) is 5.10 Å². The van der Waals surface area contributed by atoms with Crippen LogP contribution in [0.5, 0.6) is 0 Å². The van der Waals surface area contributed by atoms with Crippen LogP contribution < -0.4 is 0 Å². The van der Waals surface area contributed by atoms with Crippen LogP contribution in [-0.2, 0) is 9.73 Å². The molecule has 3 heterocycles. The van der Waals surface area contributed by atoms with Gasteiger partial charge in [0.2, 0.25) is 0 Å². The molecule has 2 aromatic rings. The van der Waals surface area contributed by atoms with E-state index in [9.17, 15) is 9.00 Å². The van der Waals surface area contributed by atoms with Crippen molar-refractivity contribution in [1.82, 2.24) is 25.1 Å². The molecule has 2 unspecified atom stereocenters. The van der Waals surface area contributed by atoms with Gasteiger partial charge in [-0.2, -0.15) is 0 Å². The molecule has 1 spiro atoms. The van der Waals surface area contributed by atoms with Crippen LogP contribution in [0.1, 0.15) is 36.0 Å². The van der Waals surface area contributed by atoms with E-state index in [-0.39, 0.29) is 11.4 Å². The predicted octanol–water partition coefficient (Wildman–Crippen LogP) is 1.53. The Hall–Kier alpha value is -2.29. The molecule has 2 atom stereocenters. The Morgan fingerprint density at radius 1 is 1.23 bits per heavy atom. The molecule has 2 saturated heterocycles. The number of rotatable bonds is 2. The van der Waals surface area contributed by atoms with Crippen molar-refractivity contribution >= 4 is 15.6 Å². The fraction of sp³-hybridized carbons (Fsp3) is 0.529. The van der Waals surface area contributed by atoms with Crippen LogP contribution in [0.3, 0.4) is 0 Å². The molecule has 26 heavy (non-hydrogen) atoms. The maximum absolute atomic E-state index is 13.2. The lowest BCUT2D eigenvalue weighted by molar-refractivity contribution is 0.0609. The third kappa shape index (κ3) is 2.90. The maximum atomic E-state index is 13.2.